The molecule has 0 atom stereocenters. The lowest BCUT2D eigenvalue weighted by Gasteiger charge is -2.44. The van der Waals surface area contributed by atoms with Gasteiger partial charge in [-0.15, -0.1) is 11.8 Å². The summed E-state index contributed by atoms with van der Waals surface area (Å²) in [6.07, 6.45) is 8.34. The summed E-state index contributed by atoms with van der Waals surface area (Å²) in [6.45, 7) is 6.59. The van der Waals surface area contributed by atoms with Crippen LogP contribution < -0.4 is 14.4 Å². The van der Waals surface area contributed by atoms with E-state index >= 15 is 8.42 Å². The molecule has 0 saturated heterocycles. The van der Waals surface area contributed by atoms with Crippen molar-refractivity contribution in [1.82, 2.24) is 4.31 Å². The van der Waals surface area contributed by atoms with Crippen molar-refractivity contribution < 1.29 is 27.4 Å². The summed E-state index contributed by atoms with van der Waals surface area (Å²) in [6, 6.07) is 21.1. The molecule has 8 nitrogen and oxygen atoms in total. The van der Waals surface area contributed by atoms with Crippen LogP contribution in [0.2, 0.25) is 0 Å². The number of rotatable bonds is 14. The maximum atomic E-state index is 15.2. The molecule has 10 heteroatoms. The molecule has 0 unspecified atom stereocenters. The van der Waals surface area contributed by atoms with E-state index in [-0.39, 0.29) is 17.0 Å². The second kappa shape index (κ2) is 15.9. The van der Waals surface area contributed by atoms with Gasteiger partial charge >= 0.3 is 5.97 Å². The van der Waals surface area contributed by atoms with Gasteiger partial charge in [-0.2, -0.15) is 4.31 Å². The standard InChI is InChI=1S/C36H46N2O6S2/c1-7-9-20-36(21-10-8-2)26-37(29-14-12-11-13-15-29)31-22-33(45-6)32(44-25-27(3)35(39)43-5)23-34(31)46(40,41)38(36)24-28-16-18-30(42-4)19-17-28/h11-19,22-23,25H,7-10,20-21,24,26H2,1-6H3/b27-25+. The molecule has 3 aromatic carbocycles. The molecule has 0 aromatic heterocycles. The van der Waals surface area contributed by atoms with Gasteiger partial charge in [-0.25, -0.2) is 13.2 Å². The molecule has 0 aliphatic carbocycles. The third-order valence-electron chi connectivity index (χ3n) is 8.50. The van der Waals surface area contributed by atoms with Crippen molar-refractivity contribution in [3.8, 4) is 11.5 Å². The number of thioether (sulfide) groups is 1. The number of sulfonamides is 1. The molecular weight excluding hydrogens is 621 g/mol. The summed E-state index contributed by atoms with van der Waals surface area (Å²) in [5, 5.41) is 0. The molecule has 0 fully saturated rings. The van der Waals surface area contributed by atoms with E-state index in [1.54, 1.807) is 24.4 Å². The summed E-state index contributed by atoms with van der Waals surface area (Å²) >= 11 is 1.46. The highest BCUT2D eigenvalue weighted by atomic mass is 32.2. The Labute approximate surface area is 278 Å². The third-order valence-corrected chi connectivity index (χ3v) is 11.2. The minimum absolute atomic E-state index is 0.164. The summed E-state index contributed by atoms with van der Waals surface area (Å²) in [5.41, 5.74) is 1.97. The first kappa shape index (κ1) is 35.4. The number of ether oxygens (including phenoxy) is 3. The zero-order chi connectivity index (χ0) is 33.3. The highest BCUT2D eigenvalue weighted by Crippen LogP contribution is 2.48. The fraction of sp³-hybridized carbons (Fsp3) is 0.417. The molecular formula is C36H46N2O6S2. The Kier molecular flexibility index (Phi) is 12.2. The van der Waals surface area contributed by atoms with E-state index in [1.165, 1.54) is 25.1 Å². The van der Waals surface area contributed by atoms with Gasteiger partial charge in [0.2, 0.25) is 10.0 Å². The third kappa shape index (κ3) is 7.73. The van der Waals surface area contributed by atoms with E-state index < -0.39 is 21.5 Å². The molecule has 1 heterocycles. The van der Waals surface area contributed by atoms with Gasteiger partial charge in [0.25, 0.3) is 0 Å². The topological polar surface area (TPSA) is 85.4 Å². The molecule has 1 aliphatic rings. The van der Waals surface area contributed by atoms with Crippen LogP contribution >= 0.6 is 11.8 Å². The van der Waals surface area contributed by atoms with Crippen LogP contribution in [0.1, 0.15) is 64.9 Å². The van der Waals surface area contributed by atoms with Crippen molar-refractivity contribution in [2.45, 2.75) is 81.2 Å². The van der Waals surface area contributed by atoms with Gasteiger partial charge in [0.15, 0.2) is 0 Å². The molecule has 0 saturated carbocycles. The first-order valence-electron chi connectivity index (χ1n) is 15.8. The Morgan fingerprint density at radius 3 is 2.20 bits per heavy atom. The number of esters is 1. The number of hydrogen-bond acceptors (Lipinski definition) is 8. The Morgan fingerprint density at radius 2 is 1.63 bits per heavy atom. The Bertz CT molecular complexity index is 1600. The molecule has 0 radical (unpaired) electrons. The van der Waals surface area contributed by atoms with E-state index in [1.807, 2.05) is 66.9 Å². The number of benzene rings is 3. The highest BCUT2D eigenvalue weighted by Gasteiger charge is 2.49. The molecule has 0 spiro atoms. The Balaban J connectivity index is 2.01. The summed E-state index contributed by atoms with van der Waals surface area (Å²) < 4.78 is 48.5. The zero-order valence-electron chi connectivity index (χ0n) is 27.7. The van der Waals surface area contributed by atoms with Crippen LogP contribution in [0.3, 0.4) is 0 Å². The Morgan fingerprint density at radius 1 is 0.978 bits per heavy atom. The second-order valence-electron chi connectivity index (χ2n) is 11.6. The van der Waals surface area contributed by atoms with Crippen LogP contribution in [0.4, 0.5) is 11.4 Å². The molecule has 3 aromatic rings. The zero-order valence-corrected chi connectivity index (χ0v) is 29.4. The second-order valence-corrected chi connectivity index (χ2v) is 14.3. The number of fused-ring (bicyclic) bond motifs is 1. The monoisotopic (exact) mass is 666 g/mol. The van der Waals surface area contributed by atoms with Gasteiger partial charge in [0.1, 0.15) is 22.7 Å². The van der Waals surface area contributed by atoms with Crippen LogP contribution in [0.5, 0.6) is 11.5 Å². The van der Waals surface area contributed by atoms with Crippen LogP contribution in [-0.2, 0) is 26.1 Å². The molecule has 4 rings (SSSR count). The van der Waals surface area contributed by atoms with Crippen molar-refractivity contribution in [3.63, 3.8) is 0 Å². The number of carbonyl (C=O) groups excluding carboxylic acids is 1. The highest BCUT2D eigenvalue weighted by molar-refractivity contribution is 7.98. The average molecular weight is 667 g/mol. The minimum Gasteiger partial charge on any atom is -0.497 e. The summed E-state index contributed by atoms with van der Waals surface area (Å²) in [5.74, 6) is 0.545. The predicted molar refractivity (Wildman–Crippen MR) is 186 cm³/mol. The van der Waals surface area contributed by atoms with E-state index in [2.05, 4.69) is 18.7 Å². The van der Waals surface area contributed by atoms with Crippen molar-refractivity contribution >= 4 is 39.1 Å². The number of nitrogens with zero attached hydrogens (tertiary/aromatic N) is 2. The number of para-hydroxylation sites is 1. The number of carbonyl (C=O) groups is 1. The predicted octanol–water partition coefficient (Wildman–Crippen LogP) is 8.33. The maximum Gasteiger partial charge on any atom is 0.336 e. The van der Waals surface area contributed by atoms with Crippen molar-refractivity contribution in [3.05, 3.63) is 84.1 Å². The quantitative estimate of drug-likeness (QED) is 0.0735. The fourth-order valence-corrected chi connectivity index (χ4v) is 8.46. The number of unbranched alkanes of at least 4 members (excludes halogenated alkanes) is 2. The van der Waals surface area contributed by atoms with Crippen LogP contribution in [-0.4, -0.2) is 51.3 Å². The van der Waals surface area contributed by atoms with Gasteiger partial charge in [0, 0.05) is 24.8 Å². The molecule has 0 N–H and O–H groups in total. The lowest BCUT2D eigenvalue weighted by atomic mass is 9.85. The van der Waals surface area contributed by atoms with E-state index in [9.17, 15) is 4.79 Å². The first-order valence-corrected chi connectivity index (χ1v) is 18.4. The smallest absolute Gasteiger partial charge is 0.336 e. The Hall–Kier alpha value is -3.47. The van der Waals surface area contributed by atoms with Crippen molar-refractivity contribution in [1.29, 1.82) is 0 Å². The van der Waals surface area contributed by atoms with Crippen molar-refractivity contribution in [2.75, 3.05) is 31.9 Å². The number of methoxy groups -OCH3 is 2. The SMILES string of the molecule is CCCCC1(CCCC)CN(c2ccccc2)c2cc(SC)c(O/C=C(\C)C(=O)OC)cc2S(=O)(=O)N1Cc1ccc(OC)cc1. The maximum absolute atomic E-state index is 15.2. The van der Waals surface area contributed by atoms with Gasteiger partial charge < -0.3 is 19.1 Å². The lowest BCUT2D eigenvalue weighted by Crippen LogP contribution is -2.55. The number of anilines is 2. The van der Waals surface area contributed by atoms with Crippen LogP contribution in [0.25, 0.3) is 0 Å². The molecule has 46 heavy (non-hydrogen) atoms. The van der Waals surface area contributed by atoms with E-state index in [0.29, 0.717) is 23.7 Å². The van der Waals surface area contributed by atoms with Gasteiger partial charge in [-0.3, -0.25) is 0 Å². The average Bonchev–Trinajstić information content (AvgIpc) is 3.16. The lowest BCUT2D eigenvalue weighted by molar-refractivity contribution is -0.136. The van der Waals surface area contributed by atoms with E-state index in [0.717, 1.165) is 54.7 Å². The van der Waals surface area contributed by atoms with Crippen LogP contribution in [0.15, 0.2) is 88.4 Å². The molecule has 248 valence electrons. The molecule has 0 amide bonds. The van der Waals surface area contributed by atoms with E-state index in [4.69, 9.17) is 14.2 Å². The molecule has 0 bridgehead atoms. The largest absolute Gasteiger partial charge is 0.497 e. The first-order chi connectivity index (χ1) is 22.1. The van der Waals surface area contributed by atoms with Gasteiger partial charge in [0.05, 0.1) is 35.9 Å². The van der Waals surface area contributed by atoms with Crippen LogP contribution in [0, 0.1) is 0 Å². The summed E-state index contributed by atoms with van der Waals surface area (Å²) in [4.78, 5) is 15.2. The summed E-state index contributed by atoms with van der Waals surface area (Å²) in [7, 11) is -1.17. The fourth-order valence-electron chi connectivity index (χ4n) is 5.92. The normalized spacial score (nSPS) is 16.0. The minimum atomic E-state index is -4.09. The number of hydrogen-bond donors (Lipinski definition) is 0. The van der Waals surface area contributed by atoms with Gasteiger partial charge in [-0.05, 0) is 61.9 Å². The van der Waals surface area contributed by atoms with Crippen molar-refractivity contribution in [2.24, 2.45) is 0 Å². The van der Waals surface area contributed by atoms with Gasteiger partial charge in [-0.1, -0.05) is 69.9 Å². The molecule has 1 aliphatic heterocycles.